The number of carbonyl (C=O) groups excluding carboxylic acids is 1. The second-order valence-corrected chi connectivity index (χ2v) is 2.04. The van der Waals surface area contributed by atoms with Crippen molar-refractivity contribution >= 4 is 12.4 Å². The summed E-state index contributed by atoms with van der Waals surface area (Å²) in [6, 6.07) is 0. The number of nitrogens with one attached hydrogen (secondary N) is 1. The van der Waals surface area contributed by atoms with Crippen molar-refractivity contribution in [1.82, 2.24) is 10.3 Å². The topological polar surface area (TPSA) is 53.9 Å². The maximum atomic E-state index is 10.6. The maximum absolute atomic E-state index is 10.6. The first kappa shape index (κ1) is 9.74. The largest absolute Gasteiger partial charge is 0.449 e. The molecular formula is C6H13N3O2. The second kappa shape index (κ2) is 5.52. The number of hydrazone groups is 1. The Morgan fingerprint density at radius 1 is 1.73 bits per heavy atom. The predicted octanol–water partition coefficient (Wildman–Crippen LogP) is 0.237. The molecule has 64 valence electrons. The van der Waals surface area contributed by atoms with Crippen LogP contribution in [0.3, 0.4) is 0 Å². The zero-order valence-corrected chi connectivity index (χ0v) is 7.00. The van der Waals surface area contributed by atoms with Crippen molar-refractivity contribution in [3.8, 4) is 0 Å². The van der Waals surface area contributed by atoms with E-state index < -0.39 is 6.09 Å². The van der Waals surface area contributed by atoms with Crippen LogP contribution in [0.15, 0.2) is 5.10 Å². The highest BCUT2D eigenvalue weighted by Crippen LogP contribution is 1.74. The molecule has 0 unspecified atom stereocenters. The number of ether oxygens (including phenoxy) is 1. The van der Waals surface area contributed by atoms with Gasteiger partial charge < -0.3 is 9.64 Å². The number of hydrogen-bond acceptors (Lipinski definition) is 3. The molecule has 0 aromatic heterocycles. The van der Waals surface area contributed by atoms with Crippen LogP contribution in [0.5, 0.6) is 0 Å². The molecule has 0 heterocycles. The minimum Gasteiger partial charge on any atom is -0.449 e. The SMILES string of the molecule is CCOC(=O)NN=CN(C)C. The molecule has 0 aliphatic heterocycles. The van der Waals surface area contributed by atoms with Gasteiger partial charge in [-0.3, -0.25) is 0 Å². The van der Waals surface area contributed by atoms with E-state index in [0.29, 0.717) is 6.61 Å². The number of hydrogen-bond donors (Lipinski definition) is 1. The summed E-state index contributed by atoms with van der Waals surface area (Å²) in [5.41, 5.74) is 2.18. The van der Waals surface area contributed by atoms with Crippen molar-refractivity contribution in [2.45, 2.75) is 6.92 Å². The summed E-state index contributed by atoms with van der Waals surface area (Å²) in [6.07, 6.45) is 0.933. The Kier molecular flexibility index (Phi) is 4.89. The summed E-state index contributed by atoms with van der Waals surface area (Å²) < 4.78 is 4.54. The minimum atomic E-state index is -0.536. The molecule has 5 nitrogen and oxygen atoms in total. The standard InChI is InChI=1S/C6H13N3O2/c1-4-11-6(10)8-7-5-9(2)3/h5H,4H2,1-3H3,(H,8,10). The molecular weight excluding hydrogens is 146 g/mol. The van der Waals surface area contributed by atoms with E-state index in [-0.39, 0.29) is 0 Å². The molecule has 11 heavy (non-hydrogen) atoms. The molecule has 0 rings (SSSR count). The average molecular weight is 159 g/mol. The first-order valence-electron chi connectivity index (χ1n) is 3.29. The van der Waals surface area contributed by atoms with Gasteiger partial charge in [0.05, 0.1) is 6.61 Å². The van der Waals surface area contributed by atoms with Crippen molar-refractivity contribution in [3.05, 3.63) is 0 Å². The Balaban J connectivity index is 3.45. The second-order valence-electron chi connectivity index (χ2n) is 2.04. The van der Waals surface area contributed by atoms with Crippen LogP contribution in [0.1, 0.15) is 6.92 Å². The van der Waals surface area contributed by atoms with Crippen LogP contribution in [0.2, 0.25) is 0 Å². The van der Waals surface area contributed by atoms with E-state index in [1.807, 2.05) is 0 Å². The van der Waals surface area contributed by atoms with Crippen molar-refractivity contribution in [3.63, 3.8) is 0 Å². The van der Waals surface area contributed by atoms with E-state index in [2.05, 4.69) is 15.3 Å². The van der Waals surface area contributed by atoms with Gasteiger partial charge in [-0.05, 0) is 6.92 Å². The molecule has 1 amide bonds. The molecule has 0 spiro atoms. The van der Waals surface area contributed by atoms with E-state index >= 15 is 0 Å². The predicted molar refractivity (Wildman–Crippen MR) is 42.3 cm³/mol. The highest BCUT2D eigenvalue weighted by Gasteiger charge is 1.94. The van der Waals surface area contributed by atoms with Crippen LogP contribution in [0.25, 0.3) is 0 Å². The van der Waals surface area contributed by atoms with Crippen LogP contribution in [0.4, 0.5) is 4.79 Å². The van der Waals surface area contributed by atoms with E-state index in [4.69, 9.17) is 0 Å². The summed E-state index contributed by atoms with van der Waals surface area (Å²) in [6.45, 7) is 2.08. The van der Waals surface area contributed by atoms with Gasteiger partial charge >= 0.3 is 6.09 Å². The third-order valence-corrected chi connectivity index (χ3v) is 0.720. The van der Waals surface area contributed by atoms with Gasteiger partial charge in [0.1, 0.15) is 6.34 Å². The average Bonchev–Trinajstić information content (AvgIpc) is 1.87. The third kappa shape index (κ3) is 6.63. The van der Waals surface area contributed by atoms with Gasteiger partial charge in [-0.15, -0.1) is 0 Å². The first-order chi connectivity index (χ1) is 5.16. The van der Waals surface area contributed by atoms with Crippen LogP contribution < -0.4 is 5.43 Å². The van der Waals surface area contributed by atoms with Gasteiger partial charge in [0.15, 0.2) is 0 Å². The molecule has 0 aromatic rings. The number of rotatable bonds is 3. The lowest BCUT2D eigenvalue weighted by Crippen LogP contribution is -2.20. The maximum Gasteiger partial charge on any atom is 0.427 e. The molecule has 0 aliphatic rings. The molecule has 0 aromatic carbocycles. The van der Waals surface area contributed by atoms with Gasteiger partial charge in [0.25, 0.3) is 0 Å². The van der Waals surface area contributed by atoms with Gasteiger partial charge in [-0.25, -0.2) is 10.2 Å². The van der Waals surface area contributed by atoms with Crippen molar-refractivity contribution in [2.75, 3.05) is 20.7 Å². The molecule has 0 fully saturated rings. The zero-order valence-electron chi connectivity index (χ0n) is 7.00. The lowest BCUT2D eigenvalue weighted by molar-refractivity contribution is 0.152. The molecule has 0 bridgehead atoms. The zero-order chi connectivity index (χ0) is 8.69. The quantitative estimate of drug-likeness (QED) is 0.364. The molecule has 0 aliphatic carbocycles. The molecule has 0 atom stereocenters. The van der Waals surface area contributed by atoms with Gasteiger partial charge in [0.2, 0.25) is 0 Å². The normalized spacial score (nSPS) is 9.73. The lowest BCUT2D eigenvalue weighted by Gasteiger charge is -2.02. The molecule has 0 saturated heterocycles. The summed E-state index contributed by atoms with van der Waals surface area (Å²) in [7, 11) is 3.60. The summed E-state index contributed by atoms with van der Waals surface area (Å²) in [4.78, 5) is 12.3. The third-order valence-electron chi connectivity index (χ3n) is 0.720. The molecule has 5 heteroatoms. The van der Waals surface area contributed by atoms with E-state index in [0.717, 1.165) is 0 Å². The van der Waals surface area contributed by atoms with E-state index in [1.165, 1.54) is 6.34 Å². The van der Waals surface area contributed by atoms with Crippen molar-refractivity contribution in [1.29, 1.82) is 0 Å². The van der Waals surface area contributed by atoms with Gasteiger partial charge in [-0.1, -0.05) is 0 Å². The van der Waals surface area contributed by atoms with E-state index in [1.54, 1.807) is 25.9 Å². The van der Waals surface area contributed by atoms with Crippen LogP contribution in [-0.4, -0.2) is 38.0 Å². The van der Waals surface area contributed by atoms with Crippen LogP contribution in [0, 0.1) is 0 Å². The Hall–Kier alpha value is -1.26. The van der Waals surface area contributed by atoms with Crippen molar-refractivity contribution < 1.29 is 9.53 Å². The fraction of sp³-hybridized carbons (Fsp3) is 0.667. The van der Waals surface area contributed by atoms with Crippen LogP contribution in [-0.2, 0) is 4.74 Å². The highest BCUT2D eigenvalue weighted by molar-refractivity contribution is 5.68. The Morgan fingerprint density at radius 2 is 2.36 bits per heavy atom. The van der Waals surface area contributed by atoms with Gasteiger partial charge in [-0.2, -0.15) is 5.10 Å². The first-order valence-corrected chi connectivity index (χ1v) is 3.29. The molecule has 0 saturated carbocycles. The summed E-state index contributed by atoms with van der Waals surface area (Å²) >= 11 is 0. The highest BCUT2D eigenvalue weighted by atomic mass is 16.5. The fourth-order valence-corrected chi connectivity index (χ4v) is 0.360. The Bertz CT molecular complexity index is 145. The summed E-state index contributed by atoms with van der Waals surface area (Å²) in [5.74, 6) is 0. The molecule has 0 radical (unpaired) electrons. The van der Waals surface area contributed by atoms with Crippen LogP contribution >= 0.6 is 0 Å². The van der Waals surface area contributed by atoms with Crippen molar-refractivity contribution in [2.24, 2.45) is 5.10 Å². The smallest absolute Gasteiger partial charge is 0.427 e. The fourth-order valence-electron chi connectivity index (χ4n) is 0.360. The van der Waals surface area contributed by atoms with Gasteiger partial charge in [0, 0.05) is 14.1 Å². The molecule has 1 N–H and O–H groups in total. The number of nitrogens with zero attached hydrogens (tertiary/aromatic N) is 2. The lowest BCUT2D eigenvalue weighted by atomic mass is 10.9. The number of carbonyl (C=O) groups is 1. The Labute approximate surface area is 66.0 Å². The minimum absolute atomic E-state index is 0.351. The monoisotopic (exact) mass is 159 g/mol. The summed E-state index contributed by atoms with van der Waals surface area (Å²) in [5, 5.41) is 3.57. The Morgan fingerprint density at radius 3 is 2.82 bits per heavy atom. The van der Waals surface area contributed by atoms with E-state index in [9.17, 15) is 4.79 Å². The number of amides is 1.